The third kappa shape index (κ3) is 3.89. The SMILES string of the molecule is CCCC(C(=O)NC(C)C1CCCC1)C(N)=NO. The number of nitrogens with zero attached hydrogens (tertiary/aromatic N) is 1. The van der Waals surface area contributed by atoms with Gasteiger partial charge in [0.2, 0.25) is 5.91 Å². The number of carbonyl (C=O) groups excluding carboxylic acids is 1. The molecule has 0 aromatic rings. The van der Waals surface area contributed by atoms with Crippen molar-refractivity contribution in [1.82, 2.24) is 5.32 Å². The summed E-state index contributed by atoms with van der Waals surface area (Å²) in [6, 6.07) is 0.172. The Morgan fingerprint density at radius 2 is 2.11 bits per heavy atom. The Balaban J connectivity index is 2.54. The Morgan fingerprint density at radius 1 is 1.50 bits per heavy atom. The molecule has 0 saturated heterocycles. The quantitative estimate of drug-likeness (QED) is 0.293. The Labute approximate surface area is 109 Å². The van der Waals surface area contributed by atoms with E-state index in [1.807, 2.05) is 13.8 Å². The molecule has 0 aromatic carbocycles. The summed E-state index contributed by atoms with van der Waals surface area (Å²) in [4.78, 5) is 12.1. The summed E-state index contributed by atoms with van der Waals surface area (Å²) in [6.07, 6.45) is 6.31. The average Bonchev–Trinajstić information content (AvgIpc) is 2.88. The van der Waals surface area contributed by atoms with Gasteiger partial charge in [0.15, 0.2) is 5.84 Å². The molecule has 1 aliphatic rings. The maximum atomic E-state index is 12.1. The Bertz CT molecular complexity index is 299. The van der Waals surface area contributed by atoms with Crippen LogP contribution in [0.5, 0.6) is 0 Å². The van der Waals surface area contributed by atoms with Gasteiger partial charge in [-0.05, 0) is 32.1 Å². The van der Waals surface area contributed by atoms with E-state index >= 15 is 0 Å². The maximum Gasteiger partial charge on any atom is 0.231 e. The lowest BCUT2D eigenvalue weighted by Gasteiger charge is -2.23. The van der Waals surface area contributed by atoms with Crippen LogP contribution in [0.15, 0.2) is 5.16 Å². The summed E-state index contributed by atoms with van der Waals surface area (Å²) in [7, 11) is 0. The molecule has 0 aliphatic heterocycles. The van der Waals surface area contributed by atoms with Crippen molar-refractivity contribution in [3.05, 3.63) is 0 Å². The molecule has 5 heteroatoms. The molecule has 1 aliphatic carbocycles. The maximum absolute atomic E-state index is 12.1. The Hall–Kier alpha value is -1.26. The molecule has 5 nitrogen and oxygen atoms in total. The van der Waals surface area contributed by atoms with E-state index in [1.54, 1.807) is 0 Å². The van der Waals surface area contributed by atoms with E-state index in [0.29, 0.717) is 12.3 Å². The average molecular weight is 255 g/mol. The summed E-state index contributed by atoms with van der Waals surface area (Å²) >= 11 is 0. The van der Waals surface area contributed by atoms with Gasteiger partial charge in [-0.2, -0.15) is 0 Å². The van der Waals surface area contributed by atoms with Gasteiger partial charge in [0, 0.05) is 6.04 Å². The zero-order valence-corrected chi connectivity index (χ0v) is 11.4. The van der Waals surface area contributed by atoms with Gasteiger partial charge in [0.05, 0.1) is 5.92 Å². The molecular weight excluding hydrogens is 230 g/mol. The molecule has 104 valence electrons. The van der Waals surface area contributed by atoms with E-state index in [-0.39, 0.29) is 17.8 Å². The van der Waals surface area contributed by atoms with Gasteiger partial charge in [-0.1, -0.05) is 31.3 Å². The molecule has 0 spiro atoms. The van der Waals surface area contributed by atoms with Crippen molar-refractivity contribution in [2.24, 2.45) is 22.7 Å². The number of nitrogens with two attached hydrogens (primary N) is 1. The van der Waals surface area contributed by atoms with E-state index in [1.165, 1.54) is 25.7 Å². The molecule has 1 amide bonds. The fourth-order valence-corrected chi connectivity index (χ4v) is 2.67. The number of carbonyl (C=O) groups is 1. The summed E-state index contributed by atoms with van der Waals surface area (Å²) in [5, 5.41) is 14.7. The van der Waals surface area contributed by atoms with Crippen molar-refractivity contribution < 1.29 is 10.0 Å². The summed E-state index contributed by atoms with van der Waals surface area (Å²) < 4.78 is 0. The molecule has 0 radical (unpaired) electrons. The number of hydrogen-bond donors (Lipinski definition) is 3. The first-order valence-corrected chi connectivity index (χ1v) is 6.87. The largest absolute Gasteiger partial charge is 0.409 e. The van der Waals surface area contributed by atoms with Gasteiger partial charge in [0.1, 0.15) is 0 Å². The number of oxime groups is 1. The first-order valence-electron chi connectivity index (χ1n) is 6.87. The zero-order chi connectivity index (χ0) is 13.5. The van der Waals surface area contributed by atoms with Gasteiger partial charge in [-0.15, -0.1) is 0 Å². The smallest absolute Gasteiger partial charge is 0.231 e. The van der Waals surface area contributed by atoms with E-state index < -0.39 is 5.92 Å². The molecule has 0 aromatic heterocycles. The van der Waals surface area contributed by atoms with Crippen LogP contribution in [-0.4, -0.2) is 23.0 Å². The van der Waals surface area contributed by atoms with Crippen LogP contribution in [0.3, 0.4) is 0 Å². The van der Waals surface area contributed by atoms with Crippen molar-refractivity contribution in [1.29, 1.82) is 0 Å². The number of amidine groups is 1. The molecule has 18 heavy (non-hydrogen) atoms. The van der Waals surface area contributed by atoms with Crippen molar-refractivity contribution >= 4 is 11.7 Å². The van der Waals surface area contributed by atoms with E-state index in [4.69, 9.17) is 10.9 Å². The molecule has 1 fully saturated rings. The number of amides is 1. The van der Waals surface area contributed by atoms with Gasteiger partial charge >= 0.3 is 0 Å². The second kappa shape index (κ2) is 7.24. The number of hydrogen-bond acceptors (Lipinski definition) is 3. The highest BCUT2D eigenvalue weighted by molar-refractivity contribution is 6.02. The predicted octanol–water partition coefficient (Wildman–Crippen LogP) is 1.84. The second-order valence-electron chi connectivity index (χ2n) is 5.21. The molecular formula is C13H25N3O2. The zero-order valence-electron chi connectivity index (χ0n) is 11.4. The highest BCUT2D eigenvalue weighted by Crippen LogP contribution is 2.27. The van der Waals surface area contributed by atoms with Gasteiger partial charge in [-0.25, -0.2) is 0 Å². The molecule has 2 unspecified atom stereocenters. The van der Waals surface area contributed by atoms with Gasteiger partial charge < -0.3 is 16.3 Å². The fraction of sp³-hybridized carbons (Fsp3) is 0.846. The minimum Gasteiger partial charge on any atom is -0.409 e. The molecule has 2 atom stereocenters. The van der Waals surface area contributed by atoms with Crippen LogP contribution >= 0.6 is 0 Å². The Morgan fingerprint density at radius 3 is 2.61 bits per heavy atom. The van der Waals surface area contributed by atoms with Crippen molar-refractivity contribution in [2.45, 2.75) is 58.4 Å². The van der Waals surface area contributed by atoms with Crippen LogP contribution in [0.1, 0.15) is 52.4 Å². The monoisotopic (exact) mass is 255 g/mol. The molecule has 1 saturated carbocycles. The van der Waals surface area contributed by atoms with Crippen LogP contribution in [0, 0.1) is 11.8 Å². The number of nitrogens with one attached hydrogen (secondary N) is 1. The Kier molecular flexibility index (Phi) is 5.95. The third-order valence-electron chi connectivity index (χ3n) is 3.84. The predicted molar refractivity (Wildman–Crippen MR) is 71.4 cm³/mol. The summed E-state index contributed by atoms with van der Waals surface area (Å²) in [5.41, 5.74) is 5.57. The van der Waals surface area contributed by atoms with Crippen LogP contribution in [0.4, 0.5) is 0 Å². The van der Waals surface area contributed by atoms with Gasteiger partial charge in [0.25, 0.3) is 0 Å². The minimum atomic E-state index is -0.510. The van der Waals surface area contributed by atoms with Crippen LogP contribution in [0.25, 0.3) is 0 Å². The minimum absolute atomic E-state index is 0.00738. The molecule has 0 heterocycles. The van der Waals surface area contributed by atoms with Crippen molar-refractivity contribution in [3.63, 3.8) is 0 Å². The topological polar surface area (TPSA) is 87.7 Å². The lowest BCUT2D eigenvalue weighted by atomic mass is 9.97. The molecule has 4 N–H and O–H groups in total. The molecule has 0 bridgehead atoms. The number of rotatable bonds is 6. The third-order valence-corrected chi connectivity index (χ3v) is 3.84. The van der Waals surface area contributed by atoms with Crippen molar-refractivity contribution in [3.8, 4) is 0 Å². The first-order chi connectivity index (χ1) is 8.60. The van der Waals surface area contributed by atoms with Crippen LogP contribution in [0.2, 0.25) is 0 Å². The first kappa shape index (κ1) is 14.8. The van der Waals surface area contributed by atoms with E-state index in [2.05, 4.69) is 10.5 Å². The fourth-order valence-electron chi connectivity index (χ4n) is 2.67. The highest BCUT2D eigenvalue weighted by atomic mass is 16.4. The van der Waals surface area contributed by atoms with E-state index in [9.17, 15) is 4.79 Å². The second-order valence-corrected chi connectivity index (χ2v) is 5.21. The standard InChI is InChI=1S/C13H25N3O2/c1-3-6-11(12(14)16-18)13(17)15-9(2)10-7-4-5-8-10/h9-11,18H,3-8H2,1-2H3,(H2,14,16)(H,15,17). The van der Waals surface area contributed by atoms with Crippen LogP contribution < -0.4 is 11.1 Å². The van der Waals surface area contributed by atoms with Crippen molar-refractivity contribution in [2.75, 3.05) is 0 Å². The van der Waals surface area contributed by atoms with Gasteiger partial charge in [-0.3, -0.25) is 4.79 Å². The molecule has 1 rings (SSSR count). The summed E-state index contributed by atoms with van der Waals surface area (Å²) in [5.74, 6) is -0.0492. The highest BCUT2D eigenvalue weighted by Gasteiger charge is 2.27. The van der Waals surface area contributed by atoms with Crippen LogP contribution in [-0.2, 0) is 4.79 Å². The normalized spacial score (nSPS) is 20.7. The lowest BCUT2D eigenvalue weighted by Crippen LogP contribution is -2.44. The lowest BCUT2D eigenvalue weighted by molar-refractivity contribution is -0.124. The summed E-state index contributed by atoms with van der Waals surface area (Å²) in [6.45, 7) is 4.02. The van der Waals surface area contributed by atoms with E-state index in [0.717, 1.165) is 6.42 Å².